The van der Waals surface area contributed by atoms with Crippen molar-refractivity contribution in [2.75, 3.05) is 46.4 Å². The second kappa shape index (κ2) is 16.8. The molecule has 47 heavy (non-hydrogen) atoms. The van der Waals surface area contributed by atoms with E-state index in [2.05, 4.69) is 5.32 Å². The minimum absolute atomic E-state index is 0.0365. The summed E-state index contributed by atoms with van der Waals surface area (Å²) in [6.07, 6.45) is 0.983. The standard InChI is InChI=1S/C34H45N3O9S/c1-9-23(3)35-34(39)28(10-2)36(21-24-11-13-25(42-4)14-12-24)33(38)22-37(29-19-26(43-5)15-17-30(29)44-6)47(40,41)27-16-18-31(45-7)32(20-27)46-8/h11-20,23,28H,9-10,21-22H2,1-8H3,(H,35,39)/t23-,28-/m0/s1. The van der Waals surface area contributed by atoms with Crippen LogP contribution in [0, 0.1) is 0 Å². The first-order chi connectivity index (χ1) is 22.5. The average molecular weight is 672 g/mol. The Morgan fingerprint density at radius 2 is 1.34 bits per heavy atom. The van der Waals surface area contributed by atoms with Crippen LogP contribution in [0.5, 0.6) is 28.7 Å². The van der Waals surface area contributed by atoms with Gasteiger partial charge >= 0.3 is 0 Å². The fraction of sp³-hybridized carbons (Fsp3) is 0.412. The van der Waals surface area contributed by atoms with Crippen LogP contribution in [0.1, 0.15) is 39.2 Å². The summed E-state index contributed by atoms with van der Waals surface area (Å²) in [6.45, 7) is 5.01. The van der Waals surface area contributed by atoms with Crippen LogP contribution in [0.3, 0.4) is 0 Å². The van der Waals surface area contributed by atoms with Crippen LogP contribution >= 0.6 is 0 Å². The Morgan fingerprint density at radius 3 is 1.89 bits per heavy atom. The van der Waals surface area contributed by atoms with Gasteiger partial charge in [0.15, 0.2) is 11.5 Å². The monoisotopic (exact) mass is 671 g/mol. The summed E-state index contributed by atoms with van der Waals surface area (Å²) in [7, 11) is 2.78. The topological polar surface area (TPSA) is 133 Å². The molecule has 0 aliphatic carbocycles. The minimum atomic E-state index is -4.46. The fourth-order valence-corrected chi connectivity index (χ4v) is 6.33. The average Bonchev–Trinajstić information content (AvgIpc) is 3.09. The Hall–Kier alpha value is -4.65. The molecule has 0 unspecified atom stereocenters. The maximum Gasteiger partial charge on any atom is 0.265 e. The molecule has 12 nitrogen and oxygen atoms in total. The van der Waals surface area contributed by atoms with Crippen LogP contribution < -0.4 is 33.3 Å². The number of anilines is 1. The van der Waals surface area contributed by atoms with Gasteiger partial charge in [-0.1, -0.05) is 26.0 Å². The zero-order chi connectivity index (χ0) is 34.7. The lowest BCUT2D eigenvalue weighted by atomic mass is 10.1. The van der Waals surface area contributed by atoms with E-state index in [1.807, 2.05) is 13.8 Å². The Kier molecular flexibility index (Phi) is 13.1. The number of rotatable bonds is 17. The number of hydrogen-bond acceptors (Lipinski definition) is 9. The summed E-state index contributed by atoms with van der Waals surface area (Å²) < 4.78 is 56.8. The molecule has 2 amide bonds. The van der Waals surface area contributed by atoms with Crippen LogP contribution in [0.4, 0.5) is 5.69 Å². The lowest BCUT2D eigenvalue weighted by molar-refractivity contribution is -0.140. The van der Waals surface area contributed by atoms with Crippen molar-refractivity contribution in [3.8, 4) is 28.7 Å². The van der Waals surface area contributed by atoms with E-state index in [-0.39, 0.29) is 47.0 Å². The second-order valence-corrected chi connectivity index (χ2v) is 12.5. The molecule has 1 N–H and O–H groups in total. The third-order valence-corrected chi connectivity index (χ3v) is 9.53. The van der Waals surface area contributed by atoms with Gasteiger partial charge < -0.3 is 33.9 Å². The number of benzene rings is 3. The maximum absolute atomic E-state index is 14.5. The third kappa shape index (κ3) is 8.79. The molecule has 0 aromatic heterocycles. The van der Waals surface area contributed by atoms with Crippen molar-refractivity contribution in [1.29, 1.82) is 0 Å². The smallest absolute Gasteiger partial charge is 0.265 e. The van der Waals surface area contributed by atoms with Gasteiger partial charge in [0.05, 0.1) is 46.1 Å². The Bertz CT molecular complexity index is 1610. The van der Waals surface area contributed by atoms with E-state index in [0.717, 1.165) is 9.87 Å². The molecule has 0 radical (unpaired) electrons. The van der Waals surface area contributed by atoms with Crippen molar-refractivity contribution in [2.24, 2.45) is 0 Å². The highest BCUT2D eigenvalue weighted by atomic mass is 32.2. The lowest BCUT2D eigenvalue weighted by Crippen LogP contribution is -2.53. The van der Waals surface area contributed by atoms with E-state index in [1.165, 1.54) is 57.6 Å². The molecule has 2 atom stereocenters. The van der Waals surface area contributed by atoms with Crippen LogP contribution in [0.2, 0.25) is 0 Å². The molecule has 0 fully saturated rings. The predicted octanol–water partition coefficient (Wildman–Crippen LogP) is 4.65. The van der Waals surface area contributed by atoms with Crippen LogP contribution in [0.25, 0.3) is 0 Å². The summed E-state index contributed by atoms with van der Waals surface area (Å²) in [5.74, 6) is 0.729. The Balaban J connectivity index is 2.19. The normalized spacial score (nSPS) is 12.3. The number of carbonyl (C=O) groups excluding carboxylic acids is 2. The second-order valence-electron chi connectivity index (χ2n) is 10.7. The van der Waals surface area contributed by atoms with Gasteiger partial charge in [0, 0.05) is 24.7 Å². The molecular weight excluding hydrogens is 626 g/mol. The van der Waals surface area contributed by atoms with E-state index < -0.39 is 28.5 Å². The number of amides is 2. The van der Waals surface area contributed by atoms with Crippen molar-refractivity contribution in [2.45, 2.75) is 57.1 Å². The van der Waals surface area contributed by atoms with Gasteiger partial charge in [-0.2, -0.15) is 0 Å². The summed E-state index contributed by atoms with van der Waals surface area (Å²) in [6, 6.07) is 14.9. The van der Waals surface area contributed by atoms with Crippen molar-refractivity contribution in [3.05, 3.63) is 66.2 Å². The van der Waals surface area contributed by atoms with Crippen molar-refractivity contribution in [3.63, 3.8) is 0 Å². The van der Waals surface area contributed by atoms with E-state index >= 15 is 0 Å². The molecule has 0 bridgehead atoms. The van der Waals surface area contributed by atoms with Gasteiger partial charge in [-0.25, -0.2) is 8.42 Å². The first kappa shape index (κ1) is 36.8. The molecule has 256 valence electrons. The maximum atomic E-state index is 14.5. The first-order valence-electron chi connectivity index (χ1n) is 15.2. The summed E-state index contributed by atoms with van der Waals surface area (Å²) in [5.41, 5.74) is 0.790. The van der Waals surface area contributed by atoms with Gasteiger partial charge in [0.2, 0.25) is 11.8 Å². The highest BCUT2D eigenvalue weighted by Crippen LogP contribution is 2.38. The number of nitrogens with zero attached hydrogens (tertiary/aromatic N) is 2. The summed E-state index contributed by atoms with van der Waals surface area (Å²) in [5, 5.41) is 2.97. The predicted molar refractivity (Wildman–Crippen MR) is 179 cm³/mol. The zero-order valence-corrected chi connectivity index (χ0v) is 29.1. The number of hydrogen-bond donors (Lipinski definition) is 1. The molecule has 0 saturated heterocycles. The molecule has 13 heteroatoms. The molecule has 3 aromatic carbocycles. The van der Waals surface area contributed by atoms with Gasteiger partial charge in [0.1, 0.15) is 29.8 Å². The number of sulfonamides is 1. The van der Waals surface area contributed by atoms with E-state index in [1.54, 1.807) is 50.4 Å². The van der Waals surface area contributed by atoms with Crippen LogP contribution in [-0.4, -0.2) is 79.3 Å². The number of ether oxygens (including phenoxy) is 5. The summed E-state index contributed by atoms with van der Waals surface area (Å²) in [4.78, 5) is 29.3. The van der Waals surface area contributed by atoms with E-state index in [4.69, 9.17) is 23.7 Å². The van der Waals surface area contributed by atoms with Crippen molar-refractivity contribution >= 4 is 27.5 Å². The van der Waals surface area contributed by atoms with Crippen molar-refractivity contribution in [1.82, 2.24) is 10.2 Å². The highest BCUT2D eigenvalue weighted by Gasteiger charge is 2.35. The quantitative estimate of drug-likeness (QED) is 0.218. The number of methoxy groups -OCH3 is 5. The summed E-state index contributed by atoms with van der Waals surface area (Å²) >= 11 is 0. The molecule has 0 heterocycles. The van der Waals surface area contributed by atoms with Gasteiger partial charge in [-0.3, -0.25) is 13.9 Å². The van der Waals surface area contributed by atoms with E-state index in [0.29, 0.717) is 23.7 Å². The molecule has 0 aliphatic heterocycles. The Morgan fingerprint density at radius 1 is 0.745 bits per heavy atom. The molecule has 0 aliphatic rings. The minimum Gasteiger partial charge on any atom is -0.497 e. The third-order valence-electron chi connectivity index (χ3n) is 7.78. The van der Waals surface area contributed by atoms with Crippen molar-refractivity contribution < 1.29 is 41.7 Å². The van der Waals surface area contributed by atoms with Crippen LogP contribution in [-0.2, 0) is 26.2 Å². The van der Waals surface area contributed by atoms with E-state index in [9.17, 15) is 18.0 Å². The molecule has 0 spiro atoms. The number of carbonyl (C=O) groups is 2. The fourth-order valence-electron chi connectivity index (χ4n) is 4.90. The first-order valence-corrected chi connectivity index (χ1v) is 16.6. The zero-order valence-electron chi connectivity index (χ0n) is 28.2. The Labute approximate surface area is 277 Å². The van der Waals surface area contributed by atoms with Gasteiger partial charge in [-0.05, 0) is 61.7 Å². The van der Waals surface area contributed by atoms with Crippen LogP contribution in [0.15, 0.2) is 65.6 Å². The molecule has 3 rings (SSSR count). The van der Waals surface area contributed by atoms with Gasteiger partial charge in [0.25, 0.3) is 10.0 Å². The molecule has 3 aromatic rings. The molecule has 0 saturated carbocycles. The lowest BCUT2D eigenvalue weighted by Gasteiger charge is -2.34. The largest absolute Gasteiger partial charge is 0.497 e. The highest BCUT2D eigenvalue weighted by molar-refractivity contribution is 7.92. The molecular formula is C34H45N3O9S. The van der Waals surface area contributed by atoms with Gasteiger partial charge in [-0.15, -0.1) is 0 Å². The number of nitrogens with one attached hydrogen (secondary N) is 1. The SMILES string of the molecule is CC[C@H](C)NC(=O)[C@H](CC)N(Cc1ccc(OC)cc1)C(=O)CN(c1cc(OC)ccc1OC)S(=O)(=O)c1ccc(OC)c(OC)c1.